The van der Waals surface area contributed by atoms with Gasteiger partial charge in [-0.3, -0.25) is 4.79 Å². The number of carbonyl (C=O) groups excluding carboxylic acids is 1. The molecule has 6 nitrogen and oxygen atoms in total. The summed E-state index contributed by atoms with van der Waals surface area (Å²) in [6, 6.07) is 12.1. The number of hydrogen-bond donors (Lipinski definition) is 1. The molecule has 3 rings (SSSR count). The van der Waals surface area contributed by atoms with Crippen LogP contribution in [-0.4, -0.2) is 44.8 Å². The van der Waals surface area contributed by atoms with Crippen LogP contribution in [-0.2, 0) is 20.7 Å². The molecule has 0 aliphatic carbocycles. The molecule has 0 spiro atoms. The molecule has 0 atom stereocenters. The normalized spacial score (nSPS) is 15.6. The summed E-state index contributed by atoms with van der Waals surface area (Å²) in [5.74, 6) is -3.31. The highest BCUT2D eigenvalue weighted by Crippen LogP contribution is 2.30. The third-order valence-electron chi connectivity index (χ3n) is 4.90. The molecule has 1 aliphatic heterocycles. The largest absolute Gasteiger partial charge is 0.369 e. The molecule has 2 aromatic carbocycles. The van der Waals surface area contributed by atoms with E-state index in [4.69, 9.17) is 0 Å². The number of sulfonamides is 1. The van der Waals surface area contributed by atoms with Crippen molar-refractivity contribution in [3.8, 4) is 0 Å². The number of alkyl halides is 2. The zero-order valence-corrected chi connectivity index (χ0v) is 17.3. The maximum Gasteiger partial charge on any atom is 0.270 e. The summed E-state index contributed by atoms with van der Waals surface area (Å²) in [5, 5.41) is 2.56. The molecule has 160 valence electrons. The molecule has 9 heteroatoms. The number of halogens is 2. The van der Waals surface area contributed by atoms with Crippen molar-refractivity contribution >= 4 is 27.3 Å². The van der Waals surface area contributed by atoms with Gasteiger partial charge in [-0.1, -0.05) is 18.7 Å². The van der Waals surface area contributed by atoms with Gasteiger partial charge in [0.15, 0.2) is 0 Å². The molecule has 30 heavy (non-hydrogen) atoms. The lowest BCUT2D eigenvalue weighted by Crippen LogP contribution is -2.48. The van der Waals surface area contributed by atoms with Gasteiger partial charge in [-0.25, -0.2) is 17.2 Å². The minimum absolute atomic E-state index is 0.0707. The molecule has 0 radical (unpaired) electrons. The van der Waals surface area contributed by atoms with Gasteiger partial charge >= 0.3 is 0 Å². The Balaban J connectivity index is 1.68. The van der Waals surface area contributed by atoms with Crippen molar-refractivity contribution < 1.29 is 22.0 Å². The van der Waals surface area contributed by atoms with Crippen molar-refractivity contribution in [2.75, 3.05) is 36.4 Å². The lowest BCUT2D eigenvalue weighted by atomic mass is 10.1. The van der Waals surface area contributed by atoms with E-state index in [2.05, 4.69) is 11.9 Å². The van der Waals surface area contributed by atoms with E-state index in [1.807, 2.05) is 4.90 Å². The molecule has 1 fully saturated rings. The van der Waals surface area contributed by atoms with Crippen molar-refractivity contribution in [3.05, 3.63) is 66.7 Å². The Hall–Kier alpha value is -2.78. The second-order valence-electron chi connectivity index (χ2n) is 7.05. The minimum atomic E-state index is -3.70. The first-order valence-electron chi connectivity index (χ1n) is 9.38. The van der Waals surface area contributed by atoms with Crippen LogP contribution in [0.3, 0.4) is 0 Å². The fourth-order valence-corrected chi connectivity index (χ4v) is 4.64. The molecule has 1 aliphatic rings. The number of nitrogens with one attached hydrogen (secondary N) is 1. The maximum absolute atomic E-state index is 13.6. The van der Waals surface area contributed by atoms with Crippen LogP contribution in [0.5, 0.6) is 0 Å². The first-order valence-corrected chi connectivity index (χ1v) is 10.8. The molecule has 0 bridgehead atoms. The molecule has 0 aromatic heterocycles. The summed E-state index contributed by atoms with van der Waals surface area (Å²) in [4.78, 5) is 13.4. The number of nitrogens with zero attached hydrogens (tertiary/aromatic N) is 2. The summed E-state index contributed by atoms with van der Waals surface area (Å²) < 4.78 is 54.4. The maximum atomic E-state index is 13.6. The van der Waals surface area contributed by atoms with Gasteiger partial charge in [0, 0.05) is 50.0 Å². The summed E-state index contributed by atoms with van der Waals surface area (Å²) >= 11 is 0. The first-order chi connectivity index (χ1) is 14.1. The van der Waals surface area contributed by atoms with Gasteiger partial charge in [-0.2, -0.15) is 4.31 Å². The molecule has 0 saturated carbocycles. The van der Waals surface area contributed by atoms with E-state index in [0.29, 0.717) is 24.5 Å². The predicted molar refractivity (Wildman–Crippen MR) is 112 cm³/mol. The zero-order chi connectivity index (χ0) is 21.9. The molecule has 1 saturated heterocycles. The molecular weight excluding hydrogens is 412 g/mol. The highest BCUT2D eigenvalue weighted by atomic mass is 32.2. The predicted octanol–water partition coefficient (Wildman–Crippen LogP) is 3.43. The quantitative estimate of drug-likeness (QED) is 0.706. The van der Waals surface area contributed by atoms with Gasteiger partial charge in [-0.15, -0.1) is 0 Å². The second-order valence-corrected chi connectivity index (χ2v) is 8.99. The number of carbonyl (C=O) groups is 1. The van der Waals surface area contributed by atoms with E-state index < -0.39 is 15.9 Å². The Bertz CT molecular complexity index is 1030. The van der Waals surface area contributed by atoms with Crippen LogP contribution < -0.4 is 10.2 Å². The van der Waals surface area contributed by atoms with Gasteiger partial charge < -0.3 is 10.2 Å². The van der Waals surface area contributed by atoms with Gasteiger partial charge in [0.1, 0.15) is 0 Å². The van der Waals surface area contributed by atoms with E-state index >= 15 is 0 Å². The monoisotopic (exact) mass is 435 g/mol. The molecule has 1 amide bonds. The van der Waals surface area contributed by atoms with Crippen LogP contribution in [0, 0.1) is 0 Å². The standard InChI is InChI=1S/C21H23F2N3O3S/c1-3-20(27)24-17-7-9-19(10-8-17)30(28,29)26-13-11-25(12-14-26)18-6-4-5-16(15-18)21(2,22)23/h3-10,15H,1,11-14H2,2H3,(H,24,27). The van der Waals surface area contributed by atoms with Crippen molar-refractivity contribution in [3.63, 3.8) is 0 Å². The summed E-state index contributed by atoms with van der Waals surface area (Å²) in [7, 11) is -3.70. The van der Waals surface area contributed by atoms with Crippen LogP contribution in [0.1, 0.15) is 12.5 Å². The van der Waals surface area contributed by atoms with Crippen molar-refractivity contribution in [2.24, 2.45) is 0 Å². The second kappa shape index (κ2) is 8.53. The lowest BCUT2D eigenvalue weighted by molar-refractivity contribution is -0.111. The van der Waals surface area contributed by atoms with E-state index in [1.54, 1.807) is 12.1 Å². The van der Waals surface area contributed by atoms with E-state index in [1.165, 1.54) is 40.7 Å². The first kappa shape index (κ1) is 21.9. The summed E-state index contributed by atoms with van der Waals surface area (Å²) in [5.41, 5.74) is 1.04. The fraction of sp³-hybridized carbons (Fsp3) is 0.286. The number of rotatable bonds is 6. The highest BCUT2D eigenvalue weighted by molar-refractivity contribution is 7.89. The van der Waals surface area contributed by atoms with Crippen molar-refractivity contribution in [2.45, 2.75) is 17.7 Å². The minimum Gasteiger partial charge on any atom is -0.369 e. The highest BCUT2D eigenvalue weighted by Gasteiger charge is 2.30. The average molecular weight is 435 g/mol. The smallest absolute Gasteiger partial charge is 0.270 e. The molecular formula is C21H23F2N3O3S. The van der Waals surface area contributed by atoms with Gasteiger partial charge in [0.2, 0.25) is 15.9 Å². The topological polar surface area (TPSA) is 69.7 Å². The molecule has 0 unspecified atom stereocenters. The van der Waals surface area contributed by atoms with E-state index in [-0.39, 0.29) is 29.5 Å². The van der Waals surface area contributed by atoms with Crippen LogP contribution in [0.15, 0.2) is 66.1 Å². The van der Waals surface area contributed by atoms with E-state index in [0.717, 1.165) is 13.0 Å². The third kappa shape index (κ3) is 4.85. The number of benzene rings is 2. The van der Waals surface area contributed by atoms with E-state index in [9.17, 15) is 22.0 Å². The Morgan fingerprint density at radius 1 is 1.10 bits per heavy atom. The van der Waals surface area contributed by atoms with Gasteiger partial charge in [-0.05, 0) is 42.5 Å². The Morgan fingerprint density at radius 3 is 2.30 bits per heavy atom. The summed E-state index contributed by atoms with van der Waals surface area (Å²) in [6.45, 7) is 5.48. The SMILES string of the molecule is C=CC(=O)Nc1ccc(S(=O)(=O)N2CCN(c3cccc(C(C)(F)F)c3)CC2)cc1. The van der Waals surface area contributed by atoms with Gasteiger partial charge in [0.25, 0.3) is 5.92 Å². The Labute approximate surface area is 174 Å². The van der Waals surface area contributed by atoms with Crippen LogP contribution in [0.25, 0.3) is 0 Å². The van der Waals surface area contributed by atoms with Crippen LogP contribution in [0.2, 0.25) is 0 Å². The molecule has 1 heterocycles. The molecule has 1 N–H and O–H groups in total. The fourth-order valence-electron chi connectivity index (χ4n) is 3.21. The number of hydrogen-bond acceptors (Lipinski definition) is 4. The lowest BCUT2D eigenvalue weighted by Gasteiger charge is -2.35. The van der Waals surface area contributed by atoms with Gasteiger partial charge in [0.05, 0.1) is 4.90 Å². The Kier molecular flexibility index (Phi) is 6.23. The van der Waals surface area contributed by atoms with Crippen LogP contribution >= 0.6 is 0 Å². The Morgan fingerprint density at radius 2 is 1.73 bits per heavy atom. The summed E-state index contributed by atoms with van der Waals surface area (Å²) in [6.07, 6.45) is 1.13. The molecule has 2 aromatic rings. The number of anilines is 2. The van der Waals surface area contributed by atoms with Crippen molar-refractivity contribution in [1.29, 1.82) is 0 Å². The third-order valence-corrected chi connectivity index (χ3v) is 6.81. The van der Waals surface area contributed by atoms with Crippen molar-refractivity contribution in [1.82, 2.24) is 4.31 Å². The van der Waals surface area contributed by atoms with Crippen LogP contribution in [0.4, 0.5) is 20.2 Å². The number of piperazine rings is 1. The zero-order valence-electron chi connectivity index (χ0n) is 16.5. The number of amides is 1. The average Bonchev–Trinajstić information content (AvgIpc) is 2.73.